The van der Waals surface area contributed by atoms with Gasteiger partial charge < -0.3 is 19.7 Å². The van der Waals surface area contributed by atoms with Gasteiger partial charge in [0.1, 0.15) is 13.2 Å². The predicted molar refractivity (Wildman–Crippen MR) is 138 cm³/mol. The van der Waals surface area contributed by atoms with E-state index < -0.39 is 24.1 Å². The topological polar surface area (TPSA) is 93.1 Å². The molecule has 8 heteroatoms. The smallest absolute Gasteiger partial charge is 0.339 e. The van der Waals surface area contributed by atoms with Gasteiger partial charge in [-0.15, -0.1) is 23.5 Å². The van der Waals surface area contributed by atoms with E-state index in [1.165, 1.54) is 23.9 Å². The molecule has 3 aromatic carbocycles. The lowest BCUT2D eigenvalue weighted by Gasteiger charge is -2.14. The van der Waals surface area contributed by atoms with Gasteiger partial charge in [-0.2, -0.15) is 0 Å². The maximum atomic E-state index is 12.6. The molecule has 0 aliphatic carbocycles. The van der Waals surface area contributed by atoms with E-state index in [0.29, 0.717) is 17.9 Å². The van der Waals surface area contributed by atoms with E-state index in [0.717, 1.165) is 9.79 Å². The first-order valence-corrected chi connectivity index (χ1v) is 13.1. The molecule has 35 heavy (non-hydrogen) atoms. The Hall–Kier alpha value is -2.78. The zero-order valence-electron chi connectivity index (χ0n) is 19.1. The molecular formula is C27H28O6S2. The molecule has 2 atom stereocenters. The summed E-state index contributed by atoms with van der Waals surface area (Å²) in [6.45, 7) is -0.368. The van der Waals surface area contributed by atoms with E-state index in [1.807, 2.05) is 60.7 Å². The summed E-state index contributed by atoms with van der Waals surface area (Å²) in [4.78, 5) is 27.2. The first kappa shape index (κ1) is 26.8. The molecule has 0 aliphatic rings. The molecule has 3 aromatic rings. The van der Waals surface area contributed by atoms with Crippen molar-refractivity contribution < 1.29 is 29.3 Å². The number of thioether (sulfide) groups is 2. The van der Waals surface area contributed by atoms with Gasteiger partial charge in [-0.05, 0) is 42.8 Å². The first-order valence-electron chi connectivity index (χ1n) is 11.2. The van der Waals surface area contributed by atoms with Crippen LogP contribution in [0.15, 0.2) is 94.7 Å². The van der Waals surface area contributed by atoms with E-state index >= 15 is 0 Å². The van der Waals surface area contributed by atoms with Crippen molar-refractivity contribution in [2.24, 2.45) is 0 Å². The number of hydrogen-bond acceptors (Lipinski definition) is 8. The molecule has 0 radical (unpaired) electrons. The van der Waals surface area contributed by atoms with Crippen molar-refractivity contribution in [3.8, 4) is 0 Å². The second-order valence-electron chi connectivity index (χ2n) is 7.62. The molecule has 0 saturated carbocycles. The van der Waals surface area contributed by atoms with Crippen LogP contribution < -0.4 is 0 Å². The molecule has 6 nitrogen and oxygen atoms in total. The Labute approximate surface area is 213 Å². The summed E-state index contributed by atoms with van der Waals surface area (Å²) in [5.74, 6) is -0.397. The lowest BCUT2D eigenvalue weighted by Crippen LogP contribution is -2.23. The minimum atomic E-state index is -0.854. The van der Waals surface area contributed by atoms with Crippen LogP contribution in [0.1, 0.15) is 27.1 Å². The monoisotopic (exact) mass is 512 g/mol. The van der Waals surface area contributed by atoms with Crippen molar-refractivity contribution in [2.75, 3.05) is 24.7 Å². The minimum absolute atomic E-state index is 0.0505. The lowest BCUT2D eigenvalue weighted by atomic mass is 10.1. The molecule has 0 heterocycles. The van der Waals surface area contributed by atoms with E-state index in [2.05, 4.69) is 0 Å². The lowest BCUT2D eigenvalue weighted by molar-refractivity contribution is 0.0233. The summed E-state index contributed by atoms with van der Waals surface area (Å²) in [5, 5.41) is 20.3. The second-order valence-corrected chi connectivity index (χ2v) is 9.89. The van der Waals surface area contributed by atoms with Crippen molar-refractivity contribution in [1.29, 1.82) is 0 Å². The molecule has 0 aromatic heterocycles. The fourth-order valence-corrected chi connectivity index (χ4v) is 4.81. The Bertz CT molecular complexity index is 1060. The van der Waals surface area contributed by atoms with Crippen LogP contribution in [0.3, 0.4) is 0 Å². The first-order chi connectivity index (χ1) is 17.0. The average molecular weight is 513 g/mol. The summed E-state index contributed by atoms with van der Waals surface area (Å²) in [7, 11) is 0. The van der Waals surface area contributed by atoms with Crippen LogP contribution in [0.4, 0.5) is 0 Å². The number of aliphatic hydroxyl groups excluding tert-OH is 2. The average Bonchev–Trinajstić information content (AvgIpc) is 2.90. The number of ether oxygens (including phenoxy) is 2. The predicted octanol–water partition coefficient (Wildman–Crippen LogP) is 4.70. The van der Waals surface area contributed by atoms with E-state index in [4.69, 9.17) is 9.47 Å². The van der Waals surface area contributed by atoms with Gasteiger partial charge in [0.15, 0.2) is 0 Å². The highest BCUT2D eigenvalue weighted by Gasteiger charge is 2.21. The molecule has 0 spiro atoms. The molecule has 0 aliphatic heterocycles. The molecule has 2 unspecified atom stereocenters. The number of hydrogen-bond donors (Lipinski definition) is 2. The van der Waals surface area contributed by atoms with Crippen LogP contribution in [0.2, 0.25) is 0 Å². The van der Waals surface area contributed by atoms with Crippen LogP contribution in [0, 0.1) is 0 Å². The molecule has 3 rings (SSSR count). The normalized spacial score (nSPS) is 12.5. The largest absolute Gasteiger partial charge is 0.459 e. The zero-order valence-corrected chi connectivity index (χ0v) is 20.8. The van der Waals surface area contributed by atoms with Crippen LogP contribution >= 0.6 is 23.5 Å². The van der Waals surface area contributed by atoms with Gasteiger partial charge in [0.05, 0.1) is 23.3 Å². The van der Waals surface area contributed by atoms with Gasteiger partial charge >= 0.3 is 11.9 Å². The quantitative estimate of drug-likeness (QED) is 0.252. The molecule has 0 amide bonds. The maximum Gasteiger partial charge on any atom is 0.339 e. The highest BCUT2D eigenvalue weighted by molar-refractivity contribution is 7.99. The number of carbonyl (C=O) groups is 2. The number of rotatable bonds is 13. The van der Waals surface area contributed by atoms with Gasteiger partial charge in [0.25, 0.3) is 0 Å². The van der Waals surface area contributed by atoms with E-state index in [9.17, 15) is 19.8 Å². The Morgan fingerprint density at radius 3 is 1.66 bits per heavy atom. The van der Waals surface area contributed by atoms with Crippen LogP contribution in [0.25, 0.3) is 0 Å². The minimum Gasteiger partial charge on any atom is -0.459 e. The van der Waals surface area contributed by atoms with Crippen molar-refractivity contribution >= 4 is 35.5 Å². The summed E-state index contributed by atoms with van der Waals surface area (Å²) >= 11 is 3.07. The fourth-order valence-electron chi connectivity index (χ4n) is 3.01. The van der Waals surface area contributed by atoms with Crippen molar-refractivity contribution in [1.82, 2.24) is 0 Å². The number of esters is 2. The highest BCUT2D eigenvalue weighted by atomic mass is 32.2. The Kier molecular flexibility index (Phi) is 11.2. The van der Waals surface area contributed by atoms with Crippen molar-refractivity contribution in [3.63, 3.8) is 0 Å². The second kappa shape index (κ2) is 14.6. The van der Waals surface area contributed by atoms with Crippen molar-refractivity contribution in [3.05, 3.63) is 96.1 Å². The van der Waals surface area contributed by atoms with Gasteiger partial charge in [-0.25, -0.2) is 9.59 Å². The van der Waals surface area contributed by atoms with Gasteiger partial charge in [0, 0.05) is 21.3 Å². The highest BCUT2D eigenvalue weighted by Crippen LogP contribution is 2.20. The Balaban J connectivity index is 1.43. The molecule has 0 bridgehead atoms. The van der Waals surface area contributed by atoms with Crippen LogP contribution in [-0.2, 0) is 9.47 Å². The fraction of sp³-hybridized carbons (Fsp3) is 0.259. The van der Waals surface area contributed by atoms with Crippen LogP contribution in [-0.4, -0.2) is 59.1 Å². The summed E-state index contributed by atoms with van der Waals surface area (Å²) in [5.41, 5.74) is 0.103. The summed E-state index contributed by atoms with van der Waals surface area (Å²) < 4.78 is 10.5. The zero-order chi connectivity index (χ0) is 24.9. The summed E-state index contributed by atoms with van der Waals surface area (Å²) in [6, 6.07) is 25.6. The third kappa shape index (κ3) is 9.41. The van der Waals surface area contributed by atoms with Gasteiger partial charge in [0.2, 0.25) is 0 Å². The van der Waals surface area contributed by atoms with Gasteiger partial charge in [-0.1, -0.05) is 48.5 Å². The number of aliphatic hydroxyl groups is 2. The molecule has 2 N–H and O–H groups in total. The third-order valence-corrected chi connectivity index (χ3v) is 7.03. The number of benzene rings is 3. The molecular weight excluding hydrogens is 484 g/mol. The van der Waals surface area contributed by atoms with Crippen LogP contribution in [0.5, 0.6) is 0 Å². The molecule has 0 saturated heterocycles. The van der Waals surface area contributed by atoms with E-state index in [1.54, 1.807) is 23.9 Å². The Morgan fingerprint density at radius 2 is 1.11 bits per heavy atom. The maximum absolute atomic E-state index is 12.6. The van der Waals surface area contributed by atoms with Crippen molar-refractivity contribution in [2.45, 2.75) is 28.4 Å². The third-order valence-electron chi connectivity index (χ3n) is 4.83. The van der Waals surface area contributed by atoms with E-state index in [-0.39, 0.29) is 24.3 Å². The van der Waals surface area contributed by atoms with Gasteiger partial charge in [-0.3, -0.25) is 0 Å². The molecule has 0 fully saturated rings. The number of carbonyl (C=O) groups excluding carboxylic acids is 2. The SMILES string of the molecule is O=C(OCC(O)CCSc1ccccc1)c1ccccc1C(=O)OCC(O)CSc1ccccc1. The standard InChI is InChI=1S/C27H28O6S2/c28-20(15-16-34-22-9-3-1-4-10-22)17-32-26(30)24-13-7-8-14-25(24)27(31)33-18-21(29)19-35-23-11-5-2-6-12-23/h1-14,20-21,28-29H,15-19H2. The summed E-state index contributed by atoms with van der Waals surface area (Å²) in [6.07, 6.45) is -1.21. The molecule has 184 valence electrons. The Morgan fingerprint density at radius 1 is 0.657 bits per heavy atom.